The van der Waals surface area contributed by atoms with Gasteiger partial charge in [0.2, 0.25) is 0 Å². The molecule has 0 heterocycles. The average molecular weight is 158 g/mol. The molecule has 0 unspecified atom stereocenters. The van der Waals surface area contributed by atoms with Crippen molar-refractivity contribution >= 4 is 5.97 Å². The van der Waals surface area contributed by atoms with Gasteiger partial charge in [0, 0.05) is 13.7 Å². The number of esters is 1. The van der Waals surface area contributed by atoms with E-state index >= 15 is 0 Å². The minimum Gasteiger partial charge on any atom is -0.469 e. The molecule has 0 bridgehead atoms. The summed E-state index contributed by atoms with van der Waals surface area (Å²) in [5.41, 5.74) is 0. The Bertz CT molecular complexity index is 144. The van der Waals surface area contributed by atoms with Crippen molar-refractivity contribution in [1.82, 2.24) is 0 Å². The molecule has 0 N–H and O–H groups in total. The molecule has 0 aliphatic heterocycles. The van der Waals surface area contributed by atoms with Crippen LogP contribution in [0.15, 0.2) is 0 Å². The van der Waals surface area contributed by atoms with E-state index in [-0.39, 0.29) is 11.9 Å². The highest BCUT2D eigenvalue weighted by atomic mass is 16.5. The van der Waals surface area contributed by atoms with Gasteiger partial charge < -0.3 is 9.47 Å². The Hall–Kier alpha value is -0.570. The molecule has 0 aromatic rings. The maximum Gasteiger partial charge on any atom is 0.308 e. The molecule has 0 aromatic heterocycles. The predicted molar refractivity (Wildman–Crippen MR) is 40.1 cm³/mol. The van der Waals surface area contributed by atoms with E-state index in [4.69, 9.17) is 4.74 Å². The van der Waals surface area contributed by atoms with E-state index in [2.05, 4.69) is 4.74 Å². The van der Waals surface area contributed by atoms with Gasteiger partial charge in [0.15, 0.2) is 0 Å². The average Bonchev–Trinajstić information content (AvgIpc) is 2.78. The van der Waals surface area contributed by atoms with Gasteiger partial charge in [0.1, 0.15) is 0 Å². The smallest absolute Gasteiger partial charge is 0.308 e. The van der Waals surface area contributed by atoms with E-state index < -0.39 is 0 Å². The van der Waals surface area contributed by atoms with Crippen molar-refractivity contribution in [1.29, 1.82) is 0 Å². The van der Waals surface area contributed by atoms with Crippen molar-refractivity contribution in [3.05, 3.63) is 0 Å². The zero-order chi connectivity index (χ0) is 8.27. The normalized spacial score (nSPS) is 28.2. The lowest BCUT2D eigenvalue weighted by atomic mass is 10.2. The molecule has 0 radical (unpaired) electrons. The van der Waals surface area contributed by atoms with Crippen molar-refractivity contribution in [2.45, 2.75) is 12.8 Å². The first-order valence-electron chi connectivity index (χ1n) is 3.86. The summed E-state index contributed by atoms with van der Waals surface area (Å²) in [6.45, 7) is 0.748. The maximum atomic E-state index is 10.9. The van der Waals surface area contributed by atoms with E-state index in [1.165, 1.54) is 7.11 Å². The van der Waals surface area contributed by atoms with Crippen molar-refractivity contribution in [3.63, 3.8) is 0 Å². The Morgan fingerprint density at radius 3 is 2.82 bits per heavy atom. The van der Waals surface area contributed by atoms with E-state index in [0.29, 0.717) is 5.92 Å². The van der Waals surface area contributed by atoms with Crippen molar-refractivity contribution in [2.24, 2.45) is 11.8 Å². The van der Waals surface area contributed by atoms with E-state index in [9.17, 15) is 4.79 Å². The van der Waals surface area contributed by atoms with Crippen molar-refractivity contribution in [3.8, 4) is 0 Å². The van der Waals surface area contributed by atoms with Crippen LogP contribution in [0.4, 0.5) is 0 Å². The third kappa shape index (κ3) is 2.19. The summed E-state index contributed by atoms with van der Waals surface area (Å²) >= 11 is 0. The molecule has 2 atom stereocenters. The first-order valence-corrected chi connectivity index (χ1v) is 3.86. The molecule has 0 amide bonds. The minimum atomic E-state index is -0.0638. The van der Waals surface area contributed by atoms with Crippen LogP contribution in [0.25, 0.3) is 0 Å². The second-order valence-electron chi connectivity index (χ2n) is 2.91. The van der Waals surface area contributed by atoms with Crippen LogP contribution in [0.5, 0.6) is 0 Å². The lowest BCUT2D eigenvalue weighted by molar-refractivity contribution is -0.142. The standard InChI is InChI=1S/C8H14O3/c1-10-4-3-6-5-7(6)8(9)11-2/h6-7H,3-5H2,1-2H3/t6-,7+/m1/s1. The van der Waals surface area contributed by atoms with Crippen LogP contribution < -0.4 is 0 Å². The van der Waals surface area contributed by atoms with Crippen molar-refractivity contribution in [2.75, 3.05) is 20.8 Å². The van der Waals surface area contributed by atoms with Gasteiger partial charge >= 0.3 is 5.97 Å². The second kappa shape index (κ2) is 3.72. The van der Waals surface area contributed by atoms with Crippen LogP contribution in [0.3, 0.4) is 0 Å². The molecule has 3 heteroatoms. The van der Waals surface area contributed by atoms with Crippen LogP contribution in [-0.4, -0.2) is 26.8 Å². The zero-order valence-corrected chi connectivity index (χ0v) is 7.00. The van der Waals surface area contributed by atoms with E-state index in [1.807, 2.05) is 0 Å². The number of rotatable bonds is 4. The lowest BCUT2D eigenvalue weighted by Crippen LogP contribution is -2.05. The Kier molecular flexibility index (Phi) is 2.88. The number of ether oxygens (including phenoxy) is 2. The molecule has 0 saturated heterocycles. The molecule has 1 rings (SSSR count). The summed E-state index contributed by atoms with van der Waals surface area (Å²) in [6, 6.07) is 0. The van der Waals surface area contributed by atoms with Crippen LogP contribution >= 0.6 is 0 Å². The summed E-state index contributed by atoms with van der Waals surface area (Å²) in [5.74, 6) is 0.614. The Balaban J connectivity index is 2.11. The van der Waals surface area contributed by atoms with Gasteiger partial charge in [-0.05, 0) is 18.8 Å². The zero-order valence-electron chi connectivity index (χ0n) is 7.00. The third-order valence-corrected chi connectivity index (χ3v) is 2.12. The number of carbonyl (C=O) groups is 1. The topological polar surface area (TPSA) is 35.5 Å². The summed E-state index contributed by atoms with van der Waals surface area (Å²) in [5, 5.41) is 0. The van der Waals surface area contributed by atoms with Gasteiger partial charge in [-0.15, -0.1) is 0 Å². The molecule has 0 aromatic carbocycles. The fourth-order valence-electron chi connectivity index (χ4n) is 1.28. The largest absolute Gasteiger partial charge is 0.469 e. The molecule has 11 heavy (non-hydrogen) atoms. The fraction of sp³-hybridized carbons (Fsp3) is 0.875. The van der Waals surface area contributed by atoms with Crippen LogP contribution in [0.1, 0.15) is 12.8 Å². The molecule has 1 aliphatic rings. The predicted octanol–water partition coefficient (Wildman–Crippen LogP) is 0.832. The van der Waals surface area contributed by atoms with E-state index in [1.54, 1.807) is 7.11 Å². The highest BCUT2D eigenvalue weighted by Crippen LogP contribution is 2.41. The number of hydrogen-bond donors (Lipinski definition) is 0. The third-order valence-electron chi connectivity index (χ3n) is 2.12. The highest BCUT2D eigenvalue weighted by molar-refractivity contribution is 5.75. The molecule has 64 valence electrons. The van der Waals surface area contributed by atoms with Gasteiger partial charge in [0.05, 0.1) is 13.0 Å². The van der Waals surface area contributed by atoms with Crippen LogP contribution in [-0.2, 0) is 14.3 Å². The first kappa shape index (κ1) is 8.53. The summed E-state index contributed by atoms with van der Waals surface area (Å²) in [4.78, 5) is 10.9. The monoisotopic (exact) mass is 158 g/mol. The number of methoxy groups -OCH3 is 2. The van der Waals surface area contributed by atoms with Crippen LogP contribution in [0.2, 0.25) is 0 Å². The van der Waals surface area contributed by atoms with Gasteiger partial charge in [-0.1, -0.05) is 0 Å². The highest BCUT2D eigenvalue weighted by Gasteiger charge is 2.43. The molecular formula is C8H14O3. The summed E-state index contributed by atoms with van der Waals surface area (Å²) in [7, 11) is 3.11. The molecule has 3 nitrogen and oxygen atoms in total. The minimum absolute atomic E-state index is 0.0638. The van der Waals surface area contributed by atoms with Gasteiger partial charge in [-0.25, -0.2) is 0 Å². The molecule has 1 aliphatic carbocycles. The molecule has 0 spiro atoms. The number of carbonyl (C=O) groups excluding carboxylic acids is 1. The van der Waals surface area contributed by atoms with Crippen LogP contribution in [0, 0.1) is 11.8 Å². The quantitative estimate of drug-likeness (QED) is 0.568. The maximum absolute atomic E-state index is 10.9. The SMILES string of the molecule is COCC[C@@H]1C[C@@H]1C(=O)OC. The summed E-state index contributed by atoms with van der Waals surface area (Å²) in [6.07, 6.45) is 1.96. The van der Waals surface area contributed by atoms with Crippen molar-refractivity contribution < 1.29 is 14.3 Å². The Morgan fingerprint density at radius 2 is 2.27 bits per heavy atom. The first-order chi connectivity index (χ1) is 5.29. The fourth-order valence-corrected chi connectivity index (χ4v) is 1.28. The summed E-state index contributed by atoms with van der Waals surface area (Å²) < 4.78 is 9.51. The molecule has 1 saturated carbocycles. The molecular weight excluding hydrogens is 144 g/mol. The second-order valence-corrected chi connectivity index (χ2v) is 2.91. The van der Waals surface area contributed by atoms with E-state index in [0.717, 1.165) is 19.4 Å². The Labute approximate surface area is 66.7 Å². The molecule has 1 fully saturated rings. The number of hydrogen-bond acceptors (Lipinski definition) is 3. The van der Waals surface area contributed by atoms with Gasteiger partial charge in [0.25, 0.3) is 0 Å². The Morgan fingerprint density at radius 1 is 1.55 bits per heavy atom. The lowest BCUT2D eigenvalue weighted by Gasteiger charge is -1.97. The van der Waals surface area contributed by atoms with Gasteiger partial charge in [-0.2, -0.15) is 0 Å². The van der Waals surface area contributed by atoms with Gasteiger partial charge in [-0.3, -0.25) is 4.79 Å².